The smallest absolute Gasteiger partial charge is 0.270 e. The highest BCUT2D eigenvalue weighted by Gasteiger charge is 2.50. The van der Waals surface area contributed by atoms with Gasteiger partial charge in [-0.1, -0.05) is 122 Å². The minimum atomic E-state index is -3.52. The van der Waals surface area contributed by atoms with Crippen LogP contribution in [0.25, 0.3) is 22.3 Å². The quantitative estimate of drug-likeness (QED) is 0.172. The number of anilines is 4. The first-order valence-electron chi connectivity index (χ1n) is 16.2. The molecule has 0 saturated heterocycles. The first-order chi connectivity index (χ1) is 22.6. The number of rotatable bonds is 3. The van der Waals surface area contributed by atoms with Crippen molar-refractivity contribution in [3.8, 4) is 22.3 Å². The zero-order valence-corrected chi connectivity index (χ0v) is 29.3. The summed E-state index contributed by atoms with van der Waals surface area (Å²) >= 11 is 3.76. The first-order valence-corrected chi connectivity index (χ1v) is 18.6. The van der Waals surface area contributed by atoms with Gasteiger partial charge in [-0.05, 0) is 99.1 Å². The summed E-state index contributed by atoms with van der Waals surface area (Å²) in [7, 11) is -3.52. The monoisotopic (exact) mass is 692 g/mol. The van der Waals surface area contributed by atoms with Gasteiger partial charge in [0.05, 0.1) is 16.7 Å². The Bertz CT molecular complexity index is 2330. The van der Waals surface area contributed by atoms with Gasteiger partial charge in [-0.15, -0.1) is 0 Å². The van der Waals surface area contributed by atoms with Crippen molar-refractivity contribution < 1.29 is 4.57 Å². The number of fused-ring (bicyclic) bond motifs is 7. The third-order valence-corrected chi connectivity index (χ3v) is 14.1. The minimum Gasteiger partial charge on any atom is -0.270 e. The molecule has 1 unspecified atom stereocenters. The van der Waals surface area contributed by atoms with Crippen molar-refractivity contribution in [1.29, 1.82) is 0 Å². The fourth-order valence-corrected chi connectivity index (χ4v) is 11.7. The van der Waals surface area contributed by atoms with Gasteiger partial charge in [-0.3, -0.25) is 13.9 Å². The Morgan fingerprint density at radius 1 is 0.489 bits per heavy atom. The van der Waals surface area contributed by atoms with E-state index in [1.54, 1.807) is 0 Å². The number of hydrogen-bond acceptors (Lipinski definition) is 1. The van der Waals surface area contributed by atoms with Crippen molar-refractivity contribution in [2.24, 2.45) is 0 Å². The average molecular weight is 694 g/mol. The minimum absolute atomic E-state index is 0.179. The van der Waals surface area contributed by atoms with E-state index in [2.05, 4.69) is 156 Å². The Morgan fingerprint density at radius 3 is 1.51 bits per heavy atom. The van der Waals surface area contributed by atoms with Crippen molar-refractivity contribution >= 4 is 51.4 Å². The van der Waals surface area contributed by atoms with Crippen LogP contribution in [0.5, 0.6) is 0 Å². The van der Waals surface area contributed by atoms with Gasteiger partial charge in [-0.2, -0.15) is 0 Å². The molecule has 3 aliphatic rings. The molecular formula is C42H34BrN2OP. The van der Waals surface area contributed by atoms with Crippen molar-refractivity contribution in [1.82, 2.24) is 0 Å². The molecule has 6 aromatic carbocycles. The molecule has 230 valence electrons. The van der Waals surface area contributed by atoms with Gasteiger partial charge in [0.25, 0.3) is 0 Å². The predicted octanol–water partition coefficient (Wildman–Crippen LogP) is 11.9. The number of hydrogen-bond donors (Lipinski definition) is 0. The molecule has 1 heterocycles. The molecule has 0 fully saturated rings. The second-order valence-corrected chi connectivity index (χ2v) is 17.3. The summed E-state index contributed by atoms with van der Waals surface area (Å²) in [5, 5.41) is 0.790. The van der Waals surface area contributed by atoms with Gasteiger partial charge < -0.3 is 0 Å². The van der Waals surface area contributed by atoms with Gasteiger partial charge in [0.1, 0.15) is 0 Å². The van der Waals surface area contributed by atoms with Crippen LogP contribution in [0.4, 0.5) is 22.7 Å². The van der Waals surface area contributed by atoms with Gasteiger partial charge in [-0.25, -0.2) is 0 Å². The summed E-state index contributed by atoms with van der Waals surface area (Å²) < 4.78 is 21.6. The van der Waals surface area contributed by atoms with Crippen molar-refractivity contribution in [2.75, 3.05) is 9.34 Å². The van der Waals surface area contributed by atoms with E-state index in [4.69, 9.17) is 0 Å². The average Bonchev–Trinajstić information content (AvgIpc) is 3.58. The third-order valence-electron chi connectivity index (χ3n) is 10.7. The van der Waals surface area contributed by atoms with Crippen molar-refractivity contribution in [3.05, 3.63) is 160 Å². The molecule has 5 heteroatoms. The molecule has 0 bridgehead atoms. The maximum atomic E-state index is 16.4. The summed E-state index contributed by atoms with van der Waals surface area (Å²) in [6.45, 7) is 9.18. The molecule has 3 nitrogen and oxygen atoms in total. The van der Waals surface area contributed by atoms with E-state index in [-0.39, 0.29) is 10.8 Å². The Kier molecular flexibility index (Phi) is 6.03. The Labute approximate surface area is 285 Å². The highest BCUT2D eigenvalue weighted by molar-refractivity contribution is 9.10. The van der Waals surface area contributed by atoms with Gasteiger partial charge >= 0.3 is 7.44 Å². The Hall–Kier alpha value is -4.37. The summed E-state index contributed by atoms with van der Waals surface area (Å²) in [5.41, 5.74) is 13.5. The zero-order valence-electron chi connectivity index (χ0n) is 26.8. The molecule has 0 N–H and O–H groups in total. The largest absolute Gasteiger partial charge is 0.301 e. The van der Waals surface area contributed by atoms with Gasteiger partial charge in [0.2, 0.25) is 0 Å². The third kappa shape index (κ3) is 3.83. The second kappa shape index (κ2) is 9.83. The Morgan fingerprint density at radius 2 is 0.957 bits per heavy atom. The molecule has 0 amide bonds. The van der Waals surface area contributed by atoms with Gasteiger partial charge in [0, 0.05) is 26.7 Å². The maximum Gasteiger partial charge on any atom is 0.301 e. The molecule has 1 atom stereocenters. The van der Waals surface area contributed by atoms with Crippen LogP contribution in [0.2, 0.25) is 0 Å². The lowest BCUT2D eigenvalue weighted by atomic mass is 9.82. The molecular weight excluding hydrogens is 659 g/mol. The van der Waals surface area contributed by atoms with Crippen LogP contribution in [0.15, 0.2) is 138 Å². The standard InChI is InChI=1S/C42H34BrN2OP/c1-41(2)35-16-10-8-14-31(35)33-21-19-28(25-37(33)41)44-39-23-18-27(43)24-40(39)45(47(44,46)30-12-6-5-7-13-30)29-20-22-34-32-15-9-11-17-36(32)42(3,4)38(34)26-29/h5-26H,1-4H3. The molecule has 0 saturated carbocycles. The van der Waals surface area contributed by atoms with Gasteiger partial charge in [0.15, 0.2) is 0 Å². The highest BCUT2D eigenvalue weighted by Crippen LogP contribution is 2.71. The van der Waals surface area contributed by atoms with E-state index in [1.165, 1.54) is 44.5 Å². The molecule has 47 heavy (non-hydrogen) atoms. The lowest BCUT2D eigenvalue weighted by molar-refractivity contribution is 0.582. The molecule has 0 radical (unpaired) electrons. The predicted molar refractivity (Wildman–Crippen MR) is 200 cm³/mol. The van der Waals surface area contributed by atoms with E-state index >= 15 is 4.57 Å². The van der Waals surface area contributed by atoms with Crippen LogP contribution in [-0.2, 0) is 15.4 Å². The van der Waals surface area contributed by atoms with Crippen LogP contribution >= 0.6 is 23.4 Å². The fraction of sp³-hybridized carbons (Fsp3) is 0.143. The zero-order chi connectivity index (χ0) is 32.3. The summed E-state index contributed by atoms with van der Waals surface area (Å²) in [6.07, 6.45) is 0. The Balaban J connectivity index is 1.29. The van der Waals surface area contributed by atoms with Crippen LogP contribution in [-0.4, -0.2) is 0 Å². The van der Waals surface area contributed by atoms with Crippen LogP contribution in [0, 0.1) is 0 Å². The topological polar surface area (TPSA) is 23.6 Å². The fourth-order valence-electron chi connectivity index (χ4n) is 8.32. The highest BCUT2D eigenvalue weighted by atomic mass is 79.9. The maximum absolute atomic E-state index is 16.4. The normalized spacial score (nSPS) is 19.2. The summed E-state index contributed by atoms with van der Waals surface area (Å²) in [6, 6.07) is 47.0. The van der Waals surface area contributed by atoms with Crippen LogP contribution in [0.1, 0.15) is 49.9 Å². The molecule has 9 rings (SSSR count). The molecule has 1 aliphatic heterocycles. The molecule has 0 aromatic heterocycles. The molecule has 0 spiro atoms. The number of benzene rings is 6. The summed E-state index contributed by atoms with van der Waals surface area (Å²) in [5.74, 6) is 0. The molecule has 6 aromatic rings. The SMILES string of the molecule is CC1(C)c2ccccc2-c2ccc(N3c4ccc(Br)cc4N(c4ccc5c(c4)C(C)(C)c4ccccc4-5)P3(=O)c3ccccc3)cc21. The van der Waals surface area contributed by atoms with Crippen LogP contribution < -0.4 is 14.6 Å². The van der Waals surface area contributed by atoms with E-state index in [0.29, 0.717) is 0 Å². The van der Waals surface area contributed by atoms with Crippen molar-refractivity contribution in [3.63, 3.8) is 0 Å². The lowest BCUT2D eigenvalue weighted by Crippen LogP contribution is -2.27. The number of nitrogens with zero attached hydrogens (tertiary/aromatic N) is 2. The summed E-state index contributed by atoms with van der Waals surface area (Å²) in [4.78, 5) is 0. The molecule has 2 aliphatic carbocycles. The first kappa shape index (κ1) is 28.8. The second-order valence-electron chi connectivity index (χ2n) is 13.9. The van der Waals surface area contributed by atoms with Crippen LogP contribution in [0.3, 0.4) is 0 Å². The van der Waals surface area contributed by atoms with E-state index in [0.717, 1.165) is 32.5 Å². The number of halogens is 1. The van der Waals surface area contributed by atoms with E-state index < -0.39 is 7.44 Å². The lowest BCUT2D eigenvalue weighted by Gasteiger charge is -2.34. The van der Waals surface area contributed by atoms with E-state index in [1.807, 2.05) is 30.3 Å². The van der Waals surface area contributed by atoms with Crippen molar-refractivity contribution in [2.45, 2.75) is 38.5 Å². The van der Waals surface area contributed by atoms with E-state index in [9.17, 15) is 0 Å².